The molecule has 0 saturated carbocycles. The third-order valence-electron chi connectivity index (χ3n) is 3.10. The number of benzene rings is 1. The summed E-state index contributed by atoms with van der Waals surface area (Å²) in [5, 5.41) is 16.1. The molecule has 3 rings (SSSR count). The lowest BCUT2D eigenvalue weighted by Gasteiger charge is -2.07. The molecule has 3 aromatic rings. The molecule has 0 aliphatic carbocycles. The zero-order valence-corrected chi connectivity index (χ0v) is 13.1. The van der Waals surface area contributed by atoms with Crippen LogP contribution >= 0.6 is 11.3 Å². The average Bonchev–Trinajstić information content (AvgIpc) is 3.06. The van der Waals surface area contributed by atoms with Gasteiger partial charge in [0, 0.05) is 34.8 Å². The minimum atomic E-state index is -0.430. The van der Waals surface area contributed by atoms with Gasteiger partial charge < -0.3 is 5.32 Å². The average molecular weight is 327 g/mol. The smallest absolute Gasteiger partial charge is 0.270 e. The molecule has 0 bridgehead atoms. The molecule has 1 N–H and O–H groups in total. The summed E-state index contributed by atoms with van der Waals surface area (Å²) in [5.74, 6) is 1.11. The molecule has 0 aliphatic heterocycles. The molecule has 2 heterocycles. The van der Waals surface area contributed by atoms with E-state index in [1.54, 1.807) is 17.6 Å². The highest BCUT2D eigenvalue weighted by Crippen LogP contribution is 2.22. The Labute approximate surface area is 136 Å². The molecule has 0 aliphatic rings. The molecule has 1 aromatic carbocycles. The molecule has 116 valence electrons. The minimum absolute atomic E-state index is 0.0181. The topological polar surface area (TPSA) is 93.8 Å². The van der Waals surface area contributed by atoms with E-state index in [1.807, 2.05) is 18.4 Å². The van der Waals surface area contributed by atoms with Crippen LogP contribution in [0.3, 0.4) is 0 Å². The predicted octanol–water partition coefficient (Wildman–Crippen LogP) is 3.43. The molecule has 7 nitrogen and oxygen atoms in total. The highest BCUT2D eigenvalue weighted by molar-refractivity contribution is 7.07. The summed E-state index contributed by atoms with van der Waals surface area (Å²) < 4.78 is 0. The van der Waals surface area contributed by atoms with Crippen molar-refractivity contribution in [3.63, 3.8) is 0 Å². The molecule has 2 aromatic heterocycles. The van der Waals surface area contributed by atoms with Crippen LogP contribution in [0.15, 0.2) is 41.2 Å². The Hall–Kier alpha value is -2.87. The van der Waals surface area contributed by atoms with Crippen molar-refractivity contribution in [1.82, 2.24) is 15.0 Å². The zero-order valence-electron chi connectivity index (χ0n) is 12.3. The Morgan fingerprint density at radius 2 is 2.17 bits per heavy atom. The monoisotopic (exact) mass is 327 g/mol. The normalized spacial score (nSPS) is 10.5. The number of nitro groups is 1. The van der Waals surface area contributed by atoms with Gasteiger partial charge in [0.05, 0.1) is 22.7 Å². The number of rotatable bonds is 5. The maximum absolute atomic E-state index is 10.9. The van der Waals surface area contributed by atoms with Crippen LogP contribution in [-0.2, 0) is 6.54 Å². The maximum atomic E-state index is 10.9. The van der Waals surface area contributed by atoms with Gasteiger partial charge in [-0.25, -0.2) is 15.0 Å². The molecule has 0 spiro atoms. The summed E-state index contributed by atoms with van der Waals surface area (Å²) in [4.78, 5) is 23.5. The third-order valence-corrected chi connectivity index (χ3v) is 3.74. The molecule has 23 heavy (non-hydrogen) atoms. The predicted molar refractivity (Wildman–Crippen MR) is 88.3 cm³/mol. The number of nitrogens with zero attached hydrogens (tertiary/aromatic N) is 4. The summed E-state index contributed by atoms with van der Waals surface area (Å²) in [6.07, 6.45) is 0. The molecule has 0 amide bonds. The number of non-ortho nitro benzene ring substituents is 1. The Balaban J connectivity index is 1.88. The quantitative estimate of drug-likeness (QED) is 0.570. The van der Waals surface area contributed by atoms with E-state index in [-0.39, 0.29) is 5.69 Å². The lowest BCUT2D eigenvalue weighted by Crippen LogP contribution is -2.04. The van der Waals surface area contributed by atoms with Gasteiger partial charge in [0.15, 0.2) is 5.82 Å². The fourth-order valence-corrected chi connectivity index (χ4v) is 2.61. The number of anilines is 1. The van der Waals surface area contributed by atoms with E-state index in [0.29, 0.717) is 23.8 Å². The number of nitrogens with one attached hydrogen (secondary N) is 1. The molecule has 0 unspecified atom stereocenters. The van der Waals surface area contributed by atoms with E-state index < -0.39 is 4.92 Å². The van der Waals surface area contributed by atoms with E-state index in [4.69, 9.17) is 0 Å². The van der Waals surface area contributed by atoms with Gasteiger partial charge in [0.25, 0.3) is 5.69 Å². The number of nitro benzene ring substituents is 1. The van der Waals surface area contributed by atoms with Gasteiger partial charge in [0.1, 0.15) is 5.82 Å². The standard InChI is InChI=1S/C15H13N5O2S/c1-10-5-14(16-7-12-8-23-9-17-12)19-15(18-10)11-3-2-4-13(6-11)20(21)22/h2-6,8-9H,7H2,1H3,(H,16,18,19). The fraction of sp³-hybridized carbons (Fsp3) is 0.133. The summed E-state index contributed by atoms with van der Waals surface area (Å²) in [7, 11) is 0. The largest absolute Gasteiger partial charge is 0.364 e. The first-order valence-corrected chi connectivity index (χ1v) is 7.77. The van der Waals surface area contributed by atoms with Crippen LogP contribution in [0.2, 0.25) is 0 Å². The van der Waals surface area contributed by atoms with Gasteiger partial charge >= 0.3 is 0 Å². The van der Waals surface area contributed by atoms with Crippen molar-refractivity contribution in [2.45, 2.75) is 13.5 Å². The van der Waals surface area contributed by atoms with Crippen molar-refractivity contribution < 1.29 is 4.92 Å². The molecular formula is C15H13N5O2S. The highest BCUT2D eigenvalue weighted by Gasteiger charge is 2.10. The molecule has 0 radical (unpaired) electrons. The lowest BCUT2D eigenvalue weighted by atomic mass is 10.2. The number of hydrogen-bond donors (Lipinski definition) is 1. The number of hydrogen-bond acceptors (Lipinski definition) is 7. The van der Waals surface area contributed by atoms with Crippen LogP contribution in [0.1, 0.15) is 11.4 Å². The fourth-order valence-electron chi connectivity index (χ4n) is 2.05. The summed E-state index contributed by atoms with van der Waals surface area (Å²) in [6, 6.07) is 8.13. The van der Waals surface area contributed by atoms with Gasteiger partial charge in [0.2, 0.25) is 0 Å². The van der Waals surface area contributed by atoms with Crippen LogP contribution in [0.25, 0.3) is 11.4 Å². The lowest BCUT2D eigenvalue weighted by molar-refractivity contribution is -0.384. The van der Waals surface area contributed by atoms with Gasteiger partial charge in [-0.05, 0) is 6.92 Å². The molecule has 0 atom stereocenters. The van der Waals surface area contributed by atoms with E-state index in [1.165, 1.54) is 23.5 Å². The van der Waals surface area contributed by atoms with Crippen molar-refractivity contribution in [1.29, 1.82) is 0 Å². The van der Waals surface area contributed by atoms with Gasteiger partial charge in [-0.3, -0.25) is 10.1 Å². The summed E-state index contributed by atoms with van der Waals surface area (Å²) in [6.45, 7) is 2.42. The molecular weight excluding hydrogens is 314 g/mol. The number of aryl methyl sites for hydroxylation is 1. The Kier molecular flexibility index (Phi) is 4.24. The first-order valence-electron chi connectivity index (χ1n) is 6.83. The van der Waals surface area contributed by atoms with Crippen molar-refractivity contribution in [3.8, 4) is 11.4 Å². The Bertz CT molecular complexity index is 836. The second-order valence-corrected chi connectivity index (χ2v) is 5.58. The van der Waals surface area contributed by atoms with E-state index in [0.717, 1.165) is 11.4 Å². The number of thiazole rings is 1. The van der Waals surface area contributed by atoms with E-state index in [2.05, 4.69) is 20.3 Å². The van der Waals surface area contributed by atoms with Gasteiger partial charge in [-0.15, -0.1) is 11.3 Å². The zero-order chi connectivity index (χ0) is 16.2. The first kappa shape index (κ1) is 15.0. The van der Waals surface area contributed by atoms with E-state index >= 15 is 0 Å². The van der Waals surface area contributed by atoms with Crippen LogP contribution in [0.4, 0.5) is 11.5 Å². The molecule has 0 saturated heterocycles. The minimum Gasteiger partial charge on any atom is -0.364 e. The van der Waals surface area contributed by atoms with Crippen molar-refractivity contribution >= 4 is 22.8 Å². The Morgan fingerprint density at radius 1 is 1.30 bits per heavy atom. The number of aromatic nitrogens is 3. The second-order valence-electron chi connectivity index (χ2n) is 4.86. The van der Waals surface area contributed by atoms with Gasteiger partial charge in [-0.1, -0.05) is 12.1 Å². The van der Waals surface area contributed by atoms with Crippen molar-refractivity contribution in [2.75, 3.05) is 5.32 Å². The van der Waals surface area contributed by atoms with Gasteiger partial charge in [-0.2, -0.15) is 0 Å². The van der Waals surface area contributed by atoms with Crippen molar-refractivity contribution in [3.05, 3.63) is 62.7 Å². The van der Waals surface area contributed by atoms with Crippen LogP contribution in [0.5, 0.6) is 0 Å². The summed E-state index contributed by atoms with van der Waals surface area (Å²) in [5.41, 5.74) is 4.12. The highest BCUT2D eigenvalue weighted by atomic mass is 32.1. The van der Waals surface area contributed by atoms with Crippen molar-refractivity contribution in [2.24, 2.45) is 0 Å². The first-order chi connectivity index (χ1) is 11.1. The molecule has 0 fully saturated rings. The van der Waals surface area contributed by atoms with Crippen LogP contribution in [-0.4, -0.2) is 19.9 Å². The van der Waals surface area contributed by atoms with Crippen LogP contribution in [0, 0.1) is 17.0 Å². The Morgan fingerprint density at radius 3 is 2.91 bits per heavy atom. The maximum Gasteiger partial charge on any atom is 0.270 e. The SMILES string of the molecule is Cc1cc(NCc2cscn2)nc(-c2cccc([N+](=O)[O-])c2)n1. The summed E-state index contributed by atoms with van der Waals surface area (Å²) >= 11 is 1.53. The van der Waals surface area contributed by atoms with Crippen LogP contribution < -0.4 is 5.32 Å². The second kappa shape index (κ2) is 6.49. The third kappa shape index (κ3) is 3.67. The van der Waals surface area contributed by atoms with E-state index in [9.17, 15) is 10.1 Å². The molecule has 8 heteroatoms.